The number of rotatable bonds is 3. The lowest BCUT2D eigenvalue weighted by molar-refractivity contribution is 0.101. The first-order valence-electron chi connectivity index (χ1n) is 8.34. The number of aromatic nitrogens is 2. The van der Waals surface area contributed by atoms with E-state index in [1.54, 1.807) is 10.6 Å². The number of amides is 1. The Hall–Kier alpha value is -3.54. The third-order valence-corrected chi connectivity index (χ3v) is 4.25. The topological polar surface area (TPSA) is 46.4 Å². The van der Waals surface area contributed by atoms with Crippen LogP contribution in [0.2, 0.25) is 0 Å². The molecule has 2 heterocycles. The smallest absolute Gasteiger partial charge is 0.262 e. The van der Waals surface area contributed by atoms with Gasteiger partial charge in [0.2, 0.25) is 0 Å². The minimum atomic E-state index is -0.918. The van der Waals surface area contributed by atoms with Gasteiger partial charge in [0.1, 0.15) is 34.4 Å². The van der Waals surface area contributed by atoms with Crippen LogP contribution in [0, 0.1) is 18.6 Å². The Kier molecular flexibility index (Phi) is 4.16. The Morgan fingerprint density at radius 3 is 2.41 bits per heavy atom. The first-order valence-corrected chi connectivity index (χ1v) is 8.34. The van der Waals surface area contributed by atoms with E-state index in [1.165, 1.54) is 6.07 Å². The maximum Gasteiger partial charge on any atom is 0.262 e. The zero-order valence-corrected chi connectivity index (χ0v) is 14.4. The van der Waals surface area contributed by atoms with Crippen LogP contribution < -0.4 is 5.32 Å². The van der Waals surface area contributed by atoms with E-state index in [0.29, 0.717) is 17.2 Å². The number of carbonyl (C=O) groups excluding carboxylic acids is 1. The molecule has 0 bridgehead atoms. The van der Waals surface area contributed by atoms with E-state index >= 15 is 0 Å². The van der Waals surface area contributed by atoms with E-state index in [9.17, 15) is 13.6 Å². The molecule has 0 saturated carbocycles. The molecule has 0 atom stereocenters. The van der Waals surface area contributed by atoms with Gasteiger partial charge in [0.15, 0.2) is 0 Å². The molecule has 4 aromatic rings. The molecule has 0 aliphatic heterocycles. The Morgan fingerprint density at radius 2 is 1.70 bits per heavy atom. The molecule has 0 radical (unpaired) electrons. The fraction of sp³-hybridized carbons (Fsp3) is 0.0476. The number of carbonyl (C=O) groups is 1. The quantitative estimate of drug-likeness (QED) is 0.566. The number of imidazole rings is 1. The van der Waals surface area contributed by atoms with Crippen molar-refractivity contribution in [3.05, 3.63) is 89.6 Å². The largest absolute Gasteiger partial charge is 0.306 e. The van der Waals surface area contributed by atoms with Crippen LogP contribution in [-0.4, -0.2) is 15.3 Å². The third kappa shape index (κ3) is 3.06. The molecule has 2 aromatic heterocycles. The van der Waals surface area contributed by atoms with E-state index in [2.05, 4.69) is 10.3 Å². The monoisotopic (exact) mass is 363 g/mol. The number of halogens is 2. The van der Waals surface area contributed by atoms with Crippen LogP contribution in [0.4, 0.5) is 14.6 Å². The van der Waals surface area contributed by atoms with E-state index < -0.39 is 23.1 Å². The van der Waals surface area contributed by atoms with E-state index in [4.69, 9.17) is 0 Å². The van der Waals surface area contributed by atoms with Crippen LogP contribution in [0.3, 0.4) is 0 Å². The average Bonchev–Trinajstić information content (AvgIpc) is 3.00. The second kappa shape index (κ2) is 6.64. The molecule has 0 saturated heterocycles. The fourth-order valence-electron chi connectivity index (χ4n) is 2.95. The summed E-state index contributed by atoms with van der Waals surface area (Å²) in [5, 5.41) is 2.63. The van der Waals surface area contributed by atoms with Crippen molar-refractivity contribution < 1.29 is 13.6 Å². The molecule has 2 aromatic carbocycles. The summed E-state index contributed by atoms with van der Waals surface area (Å²) < 4.78 is 29.7. The van der Waals surface area contributed by atoms with E-state index in [1.807, 2.05) is 49.4 Å². The molecular weight excluding hydrogens is 348 g/mol. The van der Waals surface area contributed by atoms with Crippen molar-refractivity contribution >= 4 is 17.4 Å². The molecular formula is C21H15F2N3O. The summed E-state index contributed by atoms with van der Waals surface area (Å²) in [5.74, 6) is -2.36. The number of anilines is 1. The van der Waals surface area contributed by atoms with Crippen molar-refractivity contribution in [3.63, 3.8) is 0 Å². The normalized spacial score (nSPS) is 10.9. The summed E-state index contributed by atoms with van der Waals surface area (Å²) in [5.41, 5.74) is 2.30. The number of nitrogens with one attached hydrogen (secondary N) is 1. The first-order chi connectivity index (χ1) is 13.0. The van der Waals surface area contributed by atoms with Crippen molar-refractivity contribution in [1.82, 2.24) is 9.38 Å². The van der Waals surface area contributed by atoms with Gasteiger partial charge in [0.05, 0.1) is 0 Å². The SMILES string of the molecule is Cc1ccn2c(NC(=O)c3c(F)cccc3F)c(-c3ccccc3)nc2c1. The molecule has 1 amide bonds. The van der Waals surface area contributed by atoms with Gasteiger partial charge >= 0.3 is 0 Å². The molecule has 6 heteroatoms. The molecule has 1 N–H and O–H groups in total. The lowest BCUT2D eigenvalue weighted by Gasteiger charge is -2.09. The van der Waals surface area contributed by atoms with Gasteiger partial charge in [0.25, 0.3) is 5.91 Å². The number of hydrogen-bond acceptors (Lipinski definition) is 2. The number of nitrogens with zero attached hydrogens (tertiary/aromatic N) is 2. The Bertz CT molecular complexity index is 1130. The highest BCUT2D eigenvalue weighted by Crippen LogP contribution is 2.29. The highest BCUT2D eigenvalue weighted by atomic mass is 19.1. The van der Waals surface area contributed by atoms with Crippen LogP contribution in [0.15, 0.2) is 66.9 Å². The second-order valence-electron chi connectivity index (χ2n) is 6.16. The summed E-state index contributed by atoms with van der Waals surface area (Å²) in [4.78, 5) is 17.2. The maximum atomic E-state index is 14.0. The Balaban J connectivity index is 1.86. The van der Waals surface area contributed by atoms with Gasteiger partial charge in [-0.05, 0) is 36.8 Å². The average molecular weight is 363 g/mol. The number of aryl methyl sites for hydroxylation is 1. The van der Waals surface area contributed by atoms with Crippen LogP contribution in [0.5, 0.6) is 0 Å². The molecule has 0 aliphatic carbocycles. The first kappa shape index (κ1) is 16.9. The van der Waals surface area contributed by atoms with Gasteiger partial charge in [-0.3, -0.25) is 9.20 Å². The predicted molar refractivity (Wildman–Crippen MR) is 99.7 cm³/mol. The number of hydrogen-bond donors (Lipinski definition) is 1. The zero-order chi connectivity index (χ0) is 19.0. The second-order valence-corrected chi connectivity index (χ2v) is 6.16. The van der Waals surface area contributed by atoms with Crippen molar-refractivity contribution in [2.24, 2.45) is 0 Å². The molecule has 0 aliphatic rings. The van der Waals surface area contributed by atoms with Crippen LogP contribution in [-0.2, 0) is 0 Å². The molecule has 4 nitrogen and oxygen atoms in total. The number of benzene rings is 2. The van der Waals surface area contributed by atoms with Gasteiger partial charge in [-0.2, -0.15) is 0 Å². The van der Waals surface area contributed by atoms with Gasteiger partial charge in [-0.1, -0.05) is 36.4 Å². The van der Waals surface area contributed by atoms with Crippen LogP contribution in [0.25, 0.3) is 16.9 Å². The molecule has 27 heavy (non-hydrogen) atoms. The minimum absolute atomic E-state index is 0.351. The molecule has 4 rings (SSSR count). The van der Waals surface area contributed by atoms with Crippen LogP contribution >= 0.6 is 0 Å². The number of pyridine rings is 1. The summed E-state index contributed by atoms with van der Waals surface area (Å²) in [6, 6.07) is 16.3. The van der Waals surface area contributed by atoms with Crippen molar-refractivity contribution in [2.75, 3.05) is 5.32 Å². The molecule has 0 unspecified atom stereocenters. The van der Waals surface area contributed by atoms with E-state index in [0.717, 1.165) is 23.3 Å². The maximum absolute atomic E-state index is 14.0. The minimum Gasteiger partial charge on any atom is -0.306 e. The number of fused-ring (bicyclic) bond motifs is 1. The highest BCUT2D eigenvalue weighted by molar-refractivity contribution is 6.06. The van der Waals surface area contributed by atoms with Crippen LogP contribution in [0.1, 0.15) is 15.9 Å². The Morgan fingerprint density at radius 1 is 1.00 bits per heavy atom. The molecule has 0 spiro atoms. The highest BCUT2D eigenvalue weighted by Gasteiger charge is 2.21. The van der Waals surface area contributed by atoms with Crippen molar-refractivity contribution in [3.8, 4) is 11.3 Å². The van der Waals surface area contributed by atoms with Gasteiger partial charge in [0, 0.05) is 11.8 Å². The lowest BCUT2D eigenvalue weighted by Crippen LogP contribution is -2.17. The van der Waals surface area contributed by atoms with Crippen molar-refractivity contribution in [1.29, 1.82) is 0 Å². The summed E-state index contributed by atoms with van der Waals surface area (Å²) in [7, 11) is 0. The summed E-state index contributed by atoms with van der Waals surface area (Å²) in [6.45, 7) is 1.93. The third-order valence-electron chi connectivity index (χ3n) is 4.25. The van der Waals surface area contributed by atoms with Gasteiger partial charge < -0.3 is 5.32 Å². The fourth-order valence-corrected chi connectivity index (χ4v) is 2.95. The van der Waals surface area contributed by atoms with Gasteiger partial charge in [-0.15, -0.1) is 0 Å². The summed E-state index contributed by atoms with van der Waals surface area (Å²) >= 11 is 0. The van der Waals surface area contributed by atoms with Gasteiger partial charge in [-0.25, -0.2) is 13.8 Å². The van der Waals surface area contributed by atoms with E-state index in [-0.39, 0.29) is 0 Å². The summed E-state index contributed by atoms with van der Waals surface area (Å²) in [6.07, 6.45) is 1.76. The lowest BCUT2D eigenvalue weighted by atomic mass is 10.1. The van der Waals surface area contributed by atoms with Crippen molar-refractivity contribution in [2.45, 2.75) is 6.92 Å². The predicted octanol–water partition coefficient (Wildman–Crippen LogP) is 4.84. The Labute approximate surface area is 154 Å². The molecule has 0 fully saturated rings. The zero-order valence-electron chi connectivity index (χ0n) is 14.4. The standard InChI is InChI=1S/C21H15F2N3O/c1-13-10-11-26-17(12-13)24-19(14-6-3-2-4-7-14)20(26)25-21(27)18-15(22)8-5-9-16(18)23/h2-12H,1H3,(H,25,27). The molecule has 134 valence electrons.